The summed E-state index contributed by atoms with van der Waals surface area (Å²) in [4.78, 5) is 13.1. The Bertz CT molecular complexity index is 4040. The molecule has 0 radical (unpaired) electrons. The Morgan fingerprint density at radius 1 is 0.300 bits per heavy atom. The first kappa shape index (κ1) is 39.4. The molecule has 0 unspecified atom stereocenters. The Morgan fingerprint density at radius 3 is 1.51 bits per heavy atom. The molecule has 0 N–H and O–H groups in total. The molecule has 0 saturated carbocycles. The molecule has 0 atom stereocenters. The highest BCUT2D eigenvalue weighted by Gasteiger charge is 2.58. The molecule has 0 saturated heterocycles. The standard InChI is InChI=1S/C66H40N2OS/c1-2-17-41(18-3-1)58-40-59(68-64(67-58)45-34-36-49-48-22-5-13-30-60(48)69-61(49)39-45)44-20-16-19-42(37-44)43-33-35-47-46-21-4-6-23-50(46)65(57(47)38-43)51-24-7-9-26-53(51)66(54-27-10-8-25-52(54)65)55-28-11-14-31-62(55)70-63-32-15-12-29-56(63)66/h1-40H. The van der Waals surface area contributed by atoms with Crippen molar-refractivity contribution in [2.24, 2.45) is 0 Å². The van der Waals surface area contributed by atoms with Crippen LogP contribution in [0, 0.1) is 0 Å². The lowest BCUT2D eigenvalue weighted by molar-refractivity contribution is 0.605. The molecular formula is C66H40N2OS. The number of fused-ring (bicyclic) bond motifs is 18. The van der Waals surface area contributed by atoms with Gasteiger partial charge in [0.15, 0.2) is 5.82 Å². The smallest absolute Gasteiger partial charge is 0.160 e. The summed E-state index contributed by atoms with van der Waals surface area (Å²) < 4.78 is 6.34. The summed E-state index contributed by atoms with van der Waals surface area (Å²) in [6.07, 6.45) is 0. The van der Waals surface area contributed by atoms with Gasteiger partial charge in [-0.05, 0) is 115 Å². The fraction of sp³-hybridized carbons (Fsp3) is 0.0303. The topological polar surface area (TPSA) is 38.9 Å². The molecule has 3 heterocycles. The predicted octanol–water partition coefficient (Wildman–Crippen LogP) is 16.6. The lowest BCUT2D eigenvalue weighted by Crippen LogP contribution is -2.45. The minimum Gasteiger partial charge on any atom is -0.456 e. The van der Waals surface area contributed by atoms with Gasteiger partial charge in [-0.1, -0.05) is 206 Å². The second kappa shape index (κ2) is 15.0. The minimum absolute atomic E-state index is 0.521. The summed E-state index contributed by atoms with van der Waals surface area (Å²) in [6.45, 7) is 0. The van der Waals surface area contributed by atoms with Crippen molar-refractivity contribution >= 4 is 33.7 Å². The first-order valence-corrected chi connectivity index (χ1v) is 24.8. The van der Waals surface area contributed by atoms with E-state index in [2.05, 4.69) is 224 Å². The number of nitrogens with zero attached hydrogens (tertiary/aromatic N) is 2. The molecule has 0 bridgehead atoms. The van der Waals surface area contributed by atoms with E-state index in [1.807, 2.05) is 30.0 Å². The van der Waals surface area contributed by atoms with E-state index in [4.69, 9.17) is 14.4 Å². The maximum Gasteiger partial charge on any atom is 0.160 e. The number of hydrogen-bond acceptors (Lipinski definition) is 4. The van der Waals surface area contributed by atoms with Crippen molar-refractivity contribution in [1.82, 2.24) is 9.97 Å². The van der Waals surface area contributed by atoms with Gasteiger partial charge in [0.1, 0.15) is 11.2 Å². The van der Waals surface area contributed by atoms with Crippen molar-refractivity contribution in [2.45, 2.75) is 20.6 Å². The van der Waals surface area contributed by atoms with E-state index >= 15 is 0 Å². The summed E-state index contributed by atoms with van der Waals surface area (Å²) >= 11 is 1.89. The lowest BCUT2D eigenvalue weighted by Gasteiger charge is -2.51. The Balaban J connectivity index is 0.926. The molecule has 2 aliphatic carbocycles. The number of furan rings is 1. The van der Waals surface area contributed by atoms with Crippen LogP contribution in [0.15, 0.2) is 257 Å². The van der Waals surface area contributed by atoms with Crippen LogP contribution in [0.25, 0.3) is 78.1 Å². The van der Waals surface area contributed by atoms with Crippen molar-refractivity contribution in [1.29, 1.82) is 0 Å². The SMILES string of the molecule is c1ccc(-c2cc(-c3cccc(-c4ccc5c(c4)C4(c6ccccc6-5)c5ccccc5C5(c6ccccc6Sc6ccccc65)c5ccccc54)c3)nc(-c3ccc4c(c3)oc3ccccc34)n2)cc1. The zero-order valence-corrected chi connectivity index (χ0v) is 38.6. The normalized spacial score (nSPS) is 14.2. The van der Waals surface area contributed by atoms with Crippen LogP contribution in [0.4, 0.5) is 0 Å². The van der Waals surface area contributed by atoms with Crippen molar-refractivity contribution in [3.8, 4) is 56.2 Å². The molecule has 0 amide bonds. The van der Waals surface area contributed by atoms with E-state index in [-0.39, 0.29) is 0 Å². The molecular weight excluding hydrogens is 869 g/mol. The molecule has 3 aliphatic rings. The summed E-state index contributed by atoms with van der Waals surface area (Å²) in [5.41, 5.74) is 20.7. The van der Waals surface area contributed by atoms with E-state index in [0.717, 1.165) is 61.1 Å². The average molecular weight is 909 g/mol. The first-order chi connectivity index (χ1) is 34.7. The van der Waals surface area contributed by atoms with Gasteiger partial charge >= 0.3 is 0 Å². The van der Waals surface area contributed by atoms with Crippen LogP contribution >= 0.6 is 11.8 Å². The number of rotatable bonds is 4. The Morgan fingerprint density at radius 2 is 0.800 bits per heavy atom. The monoisotopic (exact) mass is 908 g/mol. The third-order valence-electron chi connectivity index (χ3n) is 15.2. The van der Waals surface area contributed by atoms with Crippen molar-refractivity contribution in [2.75, 3.05) is 0 Å². The average Bonchev–Trinajstić information content (AvgIpc) is 3.96. The quantitative estimate of drug-likeness (QED) is 0.176. The summed E-state index contributed by atoms with van der Waals surface area (Å²) in [5.74, 6) is 0.649. The zero-order valence-electron chi connectivity index (χ0n) is 37.8. The second-order valence-electron chi connectivity index (χ2n) is 18.7. The highest BCUT2D eigenvalue weighted by molar-refractivity contribution is 7.99. The van der Waals surface area contributed by atoms with Crippen LogP contribution in [0.2, 0.25) is 0 Å². The fourth-order valence-electron chi connectivity index (χ4n) is 12.4. The van der Waals surface area contributed by atoms with Crippen LogP contribution in [0.3, 0.4) is 0 Å². The maximum atomic E-state index is 6.34. The van der Waals surface area contributed by atoms with E-state index in [0.29, 0.717) is 5.82 Å². The Labute approximate surface area is 409 Å². The molecule has 2 aromatic heterocycles. The van der Waals surface area contributed by atoms with Gasteiger partial charge in [-0.2, -0.15) is 0 Å². The Hall–Kier alpha value is -8.57. The number of para-hydroxylation sites is 1. The summed E-state index contributed by atoms with van der Waals surface area (Å²) in [7, 11) is 0. The van der Waals surface area contributed by atoms with Crippen molar-refractivity contribution in [3.63, 3.8) is 0 Å². The molecule has 12 aromatic rings. The van der Waals surface area contributed by atoms with Gasteiger partial charge in [-0.3, -0.25) is 0 Å². The van der Waals surface area contributed by atoms with Gasteiger partial charge in [0.2, 0.25) is 0 Å². The molecule has 10 aromatic carbocycles. The third kappa shape index (κ3) is 5.42. The summed E-state index contributed by atoms with van der Waals surface area (Å²) in [5, 5.41) is 2.18. The molecule has 4 heteroatoms. The van der Waals surface area contributed by atoms with Crippen LogP contribution in [0.1, 0.15) is 44.5 Å². The fourth-order valence-corrected chi connectivity index (χ4v) is 13.6. The van der Waals surface area contributed by atoms with Crippen molar-refractivity contribution in [3.05, 3.63) is 287 Å². The molecule has 3 nitrogen and oxygen atoms in total. The predicted molar refractivity (Wildman–Crippen MR) is 284 cm³/mol. The van der Waals surface area contributed by atoms with Gasteiger partial charge in [0.05, 0.1) is 22.2 Å². The first-order valence-electron chi connectivity index (χ1n) is 24.0. The summed E-state index contributed by atoms with van der Waals surface area (Å²) in [6, 6.07) is 89.0. The molecule has 70 heavy (non-hydrogen) atoms. The van der Waals surface area contributed by atoms with Crippen LogP contribution in [-0.4, -0.2) is 9.97 Å². The van der Waals surface area contributed by atoms with Crippen LogP contribution in [0.5, 0.6) is 0 Å². The zero-order chi connectivity index (χ0) is 46.0. The van der Waals surface area contributed by atoms with E-state index < -0.39 is 10.8 Å². The lowest BCUT2D eigenvalue weighted by atomic mass is 9.51. The van der Waals surface area contributed by atoms with E-state index in [9.17, 15) is 0 Å². The molecule has 326 valence electrons. The van der Waals surface area contributed by atoms with E-state index in [1.54, 1.807) is 0 Å². The minimum atomic E-state index is -0.584. The molecule has 1 aliphatic heterocycles. The van der Waals surface area contributed by atoms with Gasteiger partial charge in [0, 0.05) is 37.3 Å². The number of hydrogen-bond donors (Lipinski definition) is 0. The Kier molecular flexibility index (Phi) is 8.43. The van der Waals surface area contributed by atoms with Crippen LogP contribution < -0.4 is 0 Å². The van der Waals surface area contributed by atoms with E-state index in [1.165, 1.54) is 65.4 Å². The maximum absolute atomic E-state index is 6.34. The van der Waals surface area contributed by atoms with Gasteiger partial charge in [-0.15, -0.1) is 0 Å². The highest BCUT2D eigenvalue weighted by atomic mass is 32.2. The largest absolute Gasteiger partial charge is 0.456 e. The van der Waals surface area contributed by atoms with Crippen LogP contribution in [-0.2, 0) is 10.8 Å². The number of aromatic nitrogens is 2. The highest BCUT2D eigenvalue weighted by Crippen LogP contribution is 2.67. The number of benzene rings is 10. The second-order valence-corrected chi connectivity index (χ2v) is 19.8. The van der Waals surface area contributed by atoms with Gasteiger partial charge in [0.25, 0.3) is 0 Å². The van der Waals surface area contributed by atoms with Crippen molar-refractivity contribution < 1.29 is 4.42 Å². The van der Waals surface area contributed by atoms with Gasteiger partial charge in [-0.25, -0.2) is 9.97 Å². The molecule has 15 rings (SSSR count). The molecule has 0 fully saturated rings. The third-order valence-corrected chi connectivity index (χ3v) is 16.4. The molecule has 2 spiro atoms. The van der Waals surface area contributed by atoms with Gasteiger partial charge < -0.3 is 4.42 Å².